The Morgan fingerprint density at radius 2 is 2.36 bits per heavy atom. The summed E-state index contributed by atoms with van der Waals surface area (Å²) in [5, 5.41) is 5.23. The fraction of sp³-hybridized carbons (Fsp3) is 0.143. The number of pyridine rings is 1. The largest absolute Gasteiger partial charge is 0.250 e. The molecule has 0 aromatic carbocycles. The fourth-order valence-corrected chi connectivity index (χ4v) is 1.56. The number of nitrogens with zero attached hydrogens (tertiary/aromatic N) is 3. The molecule has 0 aliphatic rings. The average molecular weight is 259 g/mol. The minimum Gasteiger partial charge on any atom is -0.250 e. The average Bonchev–Trinajstić information content (AvgIpc) is 2.35. The quantitative estimate of drug-likeness (QED) is 0.672. The highest BCUT2D eigenvalue weighted by Crippen LogP contribution is 2.16. The number of hydrogen-bond donors (Lipinski definition) is 0. The van der Waals surface area contributed by atoms with Gasteiger partial charge in [-0.1, -0.05) is 0 Å². The maximum Gasteiger partial charge on any atom is 0.158 e. The standard InChI is InChI=1S/C7H6IN3/c1-11-7-5(4-10-11)6(8)2-3-9-7/h2-4H,1H3. The van der Waals surface area contributed by atoms with Crippen molar-refractivity contribution in [1.82, 2.24) is 14.8 Å². The first-order valence-electron chi connectivity index (χ1n) is 3.21. The van der Waals surface area contributed by atoms with Gasteiger partial charge in [0.05, 0.1) is 11.6 Å². The van der Waals surface area contributed by atoms with Crippen LogP contribution in [0.15, 0.2) is 18.5 Å². The summed E-state index contributed by atoms with van der Waals surface area (Å²) in [5.41, 5.74) is 0.942. The Bertz CT molecular complexity index is 393. The molecule has 0 fully saturated rings. The Hall–Kier alpha value is -0.650. The van der Waals surface area contributed by atoms with Crippen LogP contribution in [0.5, 0.6) is 0 Å². The van der Waals surface area contributed by atoms with Gasteiger partial charge in [0.1, 0.15) is 0 Å². The van der Waals surface area contributed by atoms with Crippen LogP contribution in [0.1, 0.15) is 0 Å². The molecule has 2 rings (SSSR count). The summed E-state index contributed by atoms with van der Waals surface area (Å²) in [5.74, 6) is 0. The molecule has 0 unspecified atom stereocenters. The predicted octanol–water partition coefficient (Wildman–Crippen LogP) is 1.57. The van der Waals surface area contributed by atoms with Gasteiger partial charge in [-0.2, -0.15) is 5.10 Å². The Balaban J connectivity index is 2.94. The number of halogens is 1. The van der Waals surface area contributed by atoms with Gasteiger partial charge in [-0.3, -0.25) is 4.68 Å². The first-order valence-corrected chi connectivity index (χ1v) is 4.29. The highest BCUT2D eigenvalue weighted by atomic mass is 127. The van der Waals surface area contributed by atoms with Crippen molar-refractivity contribution in [3.63, 3.8) is 0 Å². The molecule has 0 saturated heterocycles. The third kappa shape index (κ3) is 1.01. The molecule has 0 saturated carbocycles. The maximum atomic E-state index is 4.20. The molecule has 56 valence electrons. The van der Waals surface area contributed by atoms with Crippen molar-refractivity contribution >= 4 is 33.6 Å². The second kappa shape index (κ2) is 2.44. The topological polar surface area (TPSA) is 30.7 Å². The normalized spacial score (nSPS) is 10.7. The van der Waals surface area contributed by atoms with E-state index in [-0.39, 0.29) is 0 Å². The van der Waals surface area contributed by atoms with Crippen molar-refractivity contribution in [3.05, 3.63) is 22.0 Å². The zero-order valence-corrected chi connectivity index (χ0v) is 8.11. The van der Waals surface area contributed by atoms with Crippen molar-refractivity contribution in [1.29, 1.82) is 0 Å². The van der Waals surface area contributed by atoms with Crippen LogP contribution >= 0.6 is 22.6 Å². The van der Waals surface area contributed by atoms with E-state index in [2.05, 4.69) is 32.7 Å². The molecule has 11 heavy (non-hydrogen) atoms. The van der Waals surface area contributed by atoms with Gasteiger partial charge in [0.15, 0.2) is 5.65 Å². The molecule has 0 spiro atoms. The molecular formula is C7H6IN3. The van der Waals surface area contributed by atoms with E-state index in [4.69, 9.17) is 0 Å². The van der Waals surface area contributed by atoms with Crippen molar-refractivity contribution in [3.8, 4) is 0 Å². The van der Waals surface area contributed by atoms with Crippen LogP contribution in [0.4, 0.5) is 0 Å². The summed E-state index contributed by atoms with van der Waals surface area (Å²) < 4.78 is 2.97. The van der Waals surface area contributed by atoms with Crippen molar-refractivity contribution in [2.24, 2.45) is 7.05 Å². The number of aromatic nitrogens is 3. The number of rotatable bonds is 0. The molecule has 2 aromatic rings. The van der Waals surface area contributed by atoms with Crippen LogP contribution in [0.25, 0.3) is 11.0 Å². The minimum atomic E-state index is 0.942. The van der Waals surface area contributed by atoms with E-state index in [9.17, 15) is 0 Å². The lowest BCUT2D eigenvalue weighted by Gasteiger charge is -1.92. The van der Waals surface area contributed by atoms with Gasteiger partial charge in [-0.25, -0.2) is 4.98 Å². The third-order valence-corrected chi connectivity index (χ3v) is 2.52. The van der Waals surface area contributed by atoms with Gasteiger partial charge in [0.25, 0.3) is 0 Å². The van der Waals surface area contributed by atoms with Crippen LogP contribution in [0.3, 0.4) is 0 Å². The van der Waals surface area contributed by atoms with E-state index >= 15 is 0 Å². The fourth-order valence-electron chi connectivity index (χ4n) is 1.02. The molecule has 2 heterocycles. The molecular weight excluding hydrogens is 253 g/mol. The number of hydrogen-bond acceptors (Lipinski definition) is 2. The van der Waals surface area contributed by atoms with Crippen molar-refractivity contribution < 1.29 is 0 Å². The van der Waals surface area contributed by atoms with Gasteiger partial charge in [0.2, 0.25) is 0 Å². The molecule has 2 aromatic heterocycles. The second-order valence-electron chi connectivity index (χ2n) is 2.30. The van der Waals surface area contributed by atoms with Crippen LogP contribution < -0.4 is 0 Å². The molecule has 0 amide bonds. The summed E-state index contributed by atoms with van der Waals surface area (Å²) in [4.78, 5) is 4.20. The van der Waals surface area contributed by atoms with Crippen LogP contribution in [0, 0.1) is 3.57 Å². The van der Waals surface area contributed by atoms with E-state index in [1.807, 2.05) is 19.3 Å². The SMILES string of the molecule is Cn1ncc2c(I)ccnc21. The van der Waals surface area contributed by atoms with E-state index < -0.39 is 0 Å². The van der Waals surface area contributed by atoms with Gasteiger partial charge >= 0.3 is 0 Å². The van der Waals surface area contributed by atoms with Gasteiger partial charge < -0.3 is 0 Å². The van der Waals surface area contributed by atoms with Crippen LogP contribution in [-0.4, -0.2) is 14.8 Å². The molecule has 0 radical (unpaired) electrons. The van der Waals surface area contributed by atoms with Gasteiger partial charge in [-0.05, 0) is 28.7 Å². The maximum absolute atomic E-state index is 4.20. The molecule has 0 bridgehead atoms. The lowest BCUT2D eigenvalue weighted by atomic mass is 10.4. The summed E-state index contributed by atoms with van der Waals surface area (Å²) in [6.45, 7) is 0. The third-order valence-electron chi connectivity index (χ3n) is 1.58. The second-order valence-corrected chi connectivity index (χ2v) is 3.46. The lowest BCUT2D eigenvalue weighted by Crippen LogP contribution is -1.90. The lowest BCUT2D eigenvalue weighted by molar-refractivity contribution is 0.786. The smallest absolute Gasteiger partial charge is 0.158 e. The first kappa shape index (κ1) is 7.02. The first-order chi connectivity index (χ1) is 5.29. The molecule has 0 aliphatic heterocycles. The monoisotopic (exact) mass is 259 g/mol. The Kier molecular flexibility index (Phi) is 1.56. The molecule has 4 heteroatoms. The summed E-state index contributed by atoms with van der Waals surface area (Å²) in [6.07, 6.45) is 3.63. The molecule has 3 nitrogen and oxygen atoms in total. The molecule has 0 aliphatic carbocycles. The highest BCUT2D eigenvalue weighted by molar-refractivity contribution is 14.1. The van der Waals surface area contributed by atoms with E-state index in [0.29, 0.717) is 0 Å². The van der Waals surface area contributed by atoms with Gasteiger partial charge in [-0.15, -0.1) is 0 Å². The predicted molar refractivity (Wildman–Crippen MR) is 51.2 cm³/mol. The van der Waals surface area contributed by atoms with Crippen LogP contribution in [-0.2, 0) is 7.05 Å². The van der Waals surface area contributed by atoms with E-state index in [1.54, 1.807) is 10.9 Å². The Morgan fingerprint density at radius 3 is 3.09 bits per heavy atom. The molecule has 0 N–H and O–H groups in total. The summed E-state index contributed by atoms with van der Waals surface area (Å²) >= 11 is 2.28. The van der Waals surface area contributed by atoms with E-state index in [0.717, 1.165) is 11.0 Å². The zero-order chi connectivity index (χ0) is 7.84. The number of fused-ring (bicyclic) bond motifs is 1. The summed E-state index contributed by atoms with van der Waals surface area (Å²) in [6, 6.07) is 1.98. The Labute approximate surface area is 77.6 Å². The van der Waals surface area contributed by atoms with Crippen LogP contribution in [0.2, 0.25) is 0 Å². The summed E-state index contributed by atoms with van der Waals surface area (Å²) in [7, 11) is 1.89. The van der Waals surface area contributed by atoms with Crippen molar-refractivity contribution in [2.45, 2.75) is 0 Å². The van der Waals surface area contributed by atoms with E-state index in [1.165, 1.54) is 3.57 Å². The Morgan fingerprint density at radius 1 is 1.55 bits per heavy atom. The van der Waals surface area contributed by atoms with Gasteiger partial charge in [0, 0.05) is 16.8 Å². The zero-order valence-electron chi connectivity index (χ0n) is 5.95. The molecule has 0 atom stereocenters. The van der Waals surface area contributed by atoms with Crippen molar-refractivity contribution in [2.75, 3.05) is 0 Å². The minimum absolute atomic E-state index is 0.942. The number of aryl methyl sites for hydroxylation is 1. The highest BCUT2D eigenvalue weighted by Gasteiger charge is 2.01.